The summed E-state index contributed by atoms with van der Waals surface area (Å²) in [6.07, 6.45) is 2.44. The van der Waals surface area contributed by atoms with Crippen molar-refractivity contribution in [1.82, 2.24) is 5.32 Å². The van der Waals surface area contributed by atoms with Gasteiger partial charge in [-0.15, -0.1) is 0 Å². The first-order valence-electron chi connectivity index (χ1n) is 4.75. The van der Waals surface area contributed by atoms with Gasteiger partial charge in [0.1, 0.15) is 0 Å². The van der Waals surface area contributed by atoms with E-state index in [9.17, 15) is 0 Å². The normalized spacial score (nSPS) is 19.5. The highest BCUT2D eigenvalue weighted by atomic mass is 16.5. The van der Waals surface area contributed by atoms with E-state index in [2.05, 4.69) is 5.32 Å². The molecule has 0 amide bonds. The van der Waals surface area contributed by atoms with E-state index in [1.165, 1.54) is 12.8 Å². The molecular weight excluding hydrogens is 154 g/mol. The summed E-state index contributed by atoms with van der Waals surface area (Å²) in [7, 11) is 0. The molecule has 1 rings (SSSR count). The Kier molecular flexibility index (Phi) is 4.58. The minimum Gasteiger partial charge on any atom is -0.392 e. The van der Waals surface area contributed by atoms with Crippen LogP contribution in [0.1, 0.15) is 19.8 Å². The molecule has 72 valence electrons. The molecule has 0 aromatic carbocycles. The second kappa shape index (κ2) is 5.51. The Morgan fingerprint density at radius 1 is 1.58 bits per heavy atom. The maximum absolute atomic E-state index is 8.90. The van der Waals surface area contributed by atoms with Crippen LogP contribution in [-0.2, 0) is 4.74 Å². The second-order valence-electron chi connectivity index (χ2n) is 3.57. The topological polar surface area (TPSA) is 41.5 Å². The van der Waals surface area contributed by atoms with E-state index in [0.717, 1.165) is 25.7 Å². The molecule has 1 unspecified atom stereocenters. The van der Waals surface area contributed by atoms with Gasteiger partial charge in [-0.2, -0.15) is 0 Å². The van der Waals surface area contributed by atoms with Crippen molar-refractivity contribution in [3.05, 3.63) is 0 Å². The summed E-state index contributed by atoms with van der Waals surface area (Å²) >= 11 is 0. The molecule has 0 aliphatic heterocycles. The highest BCUT2D eigenvalue weighted by Crippen LogP contribution is 2.28. The summed E-state index contributed by atoms with van der Waals surface area (Å²) in [4.78, 5) is 0. The Labute approximate surface area is 74.1 Å². The van der Waals surface area contributed by atoms with Crippen molar-refractivity contribution in [3.8, 4) is 0 Å². The molecule has 3 nitrogen and oxygen atoms in total. The standard InChI is InChI=1S/C9H19NO2/c1-8(11)6-10-4-5-12-7-9-2-3-9/h8-11H,2-7H2,1H3. The van der Waals surface area contributed by atoms with Gasteiger partial charge in [-0.1, -0.05) is 0 Å². The molecule has 0 bridgehead atoms. The van der Waals surface area contributed by atoms with Crippen molar-refractivity contribution >= 4 is 0 Å². The SMILES string of the molecule is CC(O)CNCCOCC1CC1. The maximum atomic E-state index is 8.90. The third-order valence-corrected chi connectivity index (χ3v) is 1.91. The fourth-order valence-electron chi connectivity index (χ4n) is 0.990. The highest BCUT2D eigenvalue weighted by Gasteiger charge is 2.20. The van der Waals surface area contributed by atoms with Crippen LogP contribution in [0.5, 0.6) is 0 Å². The molecule has 1 aliphatic rings. The zero-order valence-corrected chi connectivity index (χ0v) is 7.75. The van der Waals surface area contributed by atoms with Crippen molar-refractivity contribution in [3.63, 3.8) is 0 Å². The van der Waals surface area contributed by atoms with Crippen LogP contribution in [0.4, 0.5) is 0 Å². The van der Waals surface area contributed by atoms with E-state index in [4.69, 9.17) is 9.84 Å². The van der Waals surface area contributed by atoms with Crippen molar-refractivity contribution < 1.29 is 9.84 Å². The minimum absolute atomic E-state index is 0.256. The maximum Gasteiger partial charge on any atom is 0.0636 e. The molecule has 1 atom stereocenters. The first-order chi connectivity index (χ1) is 5.79. The van der Waals surface area contributed by atoms with Crippen LogP contribution in [0.2, 0.25) is 0 Å². The number of aliphatic hydroxyl groups excluding tert-OH is 1. The summed E-state index contributed by atoms with van der Waals surface area (Å²) in [6, 6.07) is 0. The monoisotopic (exact) mass is 173 g/mol. The van der Waals surface area contributed by atoms with E-state index < -0.39 is 0 Å². The largest absolute Gasteiger partial charge is 0.392 e. The number of rotatable bonds is 7. The number of aliphatic hydroxyl groups is 1. The van der Waals surface area contributed by atoms with Gasteiger partial charge < -0.3 is 15.2 Å². The zero-order valence-electron chi connectivity index (χ0n) is 7.75. The molecule has 1 fully saturated rings. The Hall–Kier alpha value is -0.120. The van der Waals surface area contributed by atoms with Gasteiger partial charge in [-0.3, -0.25) is 0 Å². The smallest absolute Gasteiger partial charge is 0.0636 e. The van der Waals surface area contributed by atoms with Crippen molar-refractivity contribution in [2.24, 2.45) is 5.92 Å². The third kappa shape index (κ3) is 5.52. The predicted octanol–water partition coefficient (Wildman–Crippen LogP) is 0.383. The highest BCUT2D eigenvalue weighted by molar-refractivity contribution is 4.71. The minimum atomic E-state index is -0.256. The summed E-state index contributed by atoms with van der Waals surface area (Å²) in [5.41, 5.74) is 0. The first kappa shape index (κ1) is 9.96. The summed E-state index contributed by atoms with van der Waals surface area (Å²) in [5.74, 6) is 0.849. The molecule has 0 radical (unpaired) electrons. The quantitative estimate of drug-likeness (QED) is 0.547. The lowest BCUT2D eigenvalue weighted by molar-refractivity contribution is 0.121. The third-order valence-electron chi connectivity index (χ3n) is 1.91. The number of nitrogens with one attached hydrogen (secondary N) is 1. The zero-order chi connectivity index (χ0) is 8.81. The molecule has 3 heteroatoms. The van der Waals surface area contributed by atoms with Crippen LogP contribution in [0.25, 0.3) is 0 Å². The Morgan fingerprint density at radius 3 is 2.92 bits per heavy atom. The molecule has 2 N–H and O–H groups in total. The van der Waals surface area contributed by atoms with E-state index in [0.29, 0.717) is 6.54 Å². The van der Waals surface area contributed by atoms with Gasteiger partial charge in [0.2, 0.25) is 0 Å². The molecule has 0 aromatic rings. The van der Waals surface area contributed by atoms with E-state index >= 15 is 0 Å². The summed E-state index contributed by atoms with van der Waals surface area (Å²) < 4.78 is 5.40. The van der Waals surface area contributed by atoms with Crippen LogP contribution in [0.15, 0.2) is 0 Å². The van der Waals surface area contributed by atoms with E-state index in [-0.39, 0.29) is 6.10 Å². The molecule has 0 spiro atoms. The fraction of sp³-hybridized carbons (Fsp3) is 1.00. The summed E-state index contributed by atoms with van der Waals surface area (Å²) in [5, 5.41) is 12.0. The van der Waals surface area contributed by atoms with E-state index in [1.54, 1.807) is 6.92 Å². The molecule has 0 saturated heterocycles. The average Bonchev–Trinajstić information content (AvgIpc) is 2.79. The Morgan fingerprint density at radius 2 is 2.33 bits per heavy atom. The van der Waals surface area contributed by atoms with Crippen LogP contribution in [0, 0.1) is 5.92 Å². The molecule has 12 heavy (non-hydrogen) atoms. The van der Waals surface area contributed by atoms with Gasteiger partial charge in [0, 0.05) is 19.7 Å². The predicted molar refractivity (Wildman–Crippen MR) is 48.1 cm³/mol. The van der Waals surface area contributed by atoms with Gasteiger partial charge >= 0.3 is 0 Å². The lowest BCUT2D eigenvalue weighted by atomic mass is 10.4. The van der Waals surface area contributed by atoms with Gasteiger partial charge in [0.05, 0.1) is 12.7 Å². The number of ether oxygens (including phenoxy) is 1. The van der Waals surface area contributed by atoms with Crippen molar-refractivity contribution in [1.29, 1.82) is 0 Å². The second-order valence-corrected chi connectivity index (χ2v) is 3.57. The molecule has 1 saturated carbocycles. The van der Waals surface area contributed by atoms with Crippen LogP contribution in [0.3, 0.4) is 0 Å². The van der Waals surface area contributed by atoms with Crippen LogP contribution < -0.4 is 5.32 Å². The Bertz CT molecular complexity index is 107. The van der Waals surface area contributed by atoms with Crippen LogP contribution in [-0.4, -0.2) is 37.5 Å². The van der Waals surface area contributed by atoms with Crippen molar-refractivity contribution in [2.45, 2.75) is 25.9 Å². The van der Waals surface area contributed by atoms with E-state index in [1.807, 2.05) is 0 Å². The molecule has 1 aliphatic carbocycles. The van der Waals surface area contributed by atoms with Gasteiger partial charge in [0.25, 0.3) is 0 Å². The lowest BCUT2D eigenvalue weighted by Gasteiger charge is -2.06. The average molecular weight is 173 g/mol. The lowest BCUT2D eigenvalue weighted by Crippen LogP contribution is -2.27. The van der Waals surface area contributed by atoms with Crippen molar-refractivity contribution in [2.75, 3.05) is 26.3 Å². The Balaban J connectivity index is 1.70. The number of hydrogen-bond acceptors (Lipinski definition) is 3. The first-order valence-corrected chi connectivity index (χ1v) is 4.75. The van der Waals surface area contributed by atoms with Gasteiger partial charge in [-0.25, -0.2) is 0 Å². The molecule has 0 heterocycles. The summed E-state index contributed by atoms with van der Waals surface area (Å²) in [6.45, 7) is 4.97. The van der Waals surface area contributed by atoms with Gasteiger partial charge in [-0.05, 0) is 25.7 Å². The number of hydrogen-bond donors (Lipinski definition) is 2. The van der Waals surface area contributed by atoms with Gasteiger partial charge in [0.15, 0.2) is 0 Å². The van der Waals surface area contributed by atoms with Crippen LogP contribution >= 0.6 is 0 Å². The molecule has 0 aromatic heterocycles. The molecular formula is C9H19NO2. The fourth-order valence-corrected chi connectivity index (χ4v) is 0.990.